The van der Waals surface area contributed by atoms with Gasteiger partial charge in [-0.25, -0.2) is 0 Å². The number of carbonyl (C=O) groups is 1. The van der Waals surface area contributed by atoms with Gasteiger partial charge in [-0.2, -0.15) is 13.2 Å². The molecule has 162 valence electrons. The first-order chi connectivity index (χ1) is 14.7. The molecule has 1 heterocycles. The van der Waals surface area contributed by atoms with Crippen molar-refractivity contribution >= 4 is 16.7 Å². The molecule has 1 saturated heterocycles. The second-order valence-corrected chi connectivity index (χ2v) is 8.06. The van der Waals surface area contributed by atoms with Crippen LogP contribution in [-0.4, -0.2) is 37.0 Å². The number of halogens is 3. The van der Waals surface area contributed by atoms with Gasteiger partial charge < -0.3 is 15.0 Å². The molecular weight excluding hydrogens is 405 g/mol. The molecule has 3 aromatic carbocycles. The molecule has 4 rings (SSSR count). The van der Waals surface area contributed by atoms with E-state index in [-0.39, 0.29) is 11.9 Å². The Labute approximate surface area is 178 Å². The number of likely N-dealkylation sites (tertiary alicyclic amines) is 1. The minimum absolute atomic E-state index is 0.0914. The van der Waals surface area contributed by atoms with Gasteiger partial charge in [0.1, 0.15) is 11.5 Å². The van der Waals surface area contributed by atoms with E-state index in [1.54, 1.807) is 30.3 Å². The summed E-state index contributed by atoms with van der Waals surface area (Å²) in [5, 5.41) is 4.65. The van der Waals surface area contributed by atoms with Gasteiger partial charge in [-0.3, -0.25) is 4.79 Å². The summed E-state index contributed by atoms with van der Waals surface area (Å²) in [6, 6.07) is 15.4. The van der Waals surface area contributed by atoms with E-state index in [1.807, 2.05) is 13.0 Å². The topological polar surface area (TPSA) is 41.6 Å². The number of amides is 1. The highest BCUT2D eigenvalue weighted by Crippen LogP contribution is 2.33. The van der Waals surface area contributed by atoms with E-state index in [0.717, 1.165) is 36.0 Å². The summed E-state index contributed by atoms with van der Waals surface area (Å²) in [6.07, 6.45) is -4.39. The van der Waals surface area contributed by atoms with Crippen LogP contribution in [0.4, 0.5) is 13.2 Å². The summed E-state index contributed by atoms with van der Waals surface area (Å²) in [5.41, 5.74) is -0.171. The zero-order valence-electron chi connectivity index (χ0n) is 17.2. The van der Waals surface area contributed by atoms with Crippen molar-refractivity contribution in [3.05, 3.63) is 71.8 Å². The van der Waals surface area contributed by atoms with Gasteiger partial charge in [0, 0.05) is 36.0 Å². The molecule has 1 N–H and O–H groups in total. The number of fused-ring (bicyclic) bond motifs is 1. The van der Waals surface area contributed by atoms with Crippen LogP contribution < -0.4 is 10.1 Å². The SMILES string of the molecule is C[C@@H](NC(=O)c1ccc2c(Oc3ccc(C(F)(F)F)cc3)cccc2c1)C1CN(C)C1. The van der Waals surface area contributed by atoms with Gasteiger partial charge in [0.25, 0.3) is 5.91 Å². The highest BCUT2D eigenvalue weighted by Gasteiger charge is 2.30. The molecule has 1 aliphatic heterocycles. The zero-order chi connectivity index (χ0) is 22.2. The molecule has 0 spiro atoms. The molecule has 31 heavy (non-hydrogen) atoms. The molecule has 0 aromatic heterocycles. The van der Waals surface area contributed by atoms with E-state index in [4.69, 9.17) is 4.74 Å². The van der Waals surface area contributed by atoms with Crippen LogP contribution in [0.25, 0.3) is 10.8 Å². The second kappa shape index (κ2) is 8.23. The van der Waals surface area contributed by atoms with Crippen molar-refractivity contribution in [1.82, 2.24) is 10.2 Å². The van der Waals surface area contributed by atoms with Crippen LogP contribution in [0.15, 0.2) is 60.7 Å². The lowest BCUT2D eigenvalue weighted by atomic mass is 9.93. The van der Waals surface area contributed by atoms with Gasteiger partial charge in [-0.15, -0.1) is 0 Å². The van der Waals surface area contributed by atoms with Crippen molar-refractivity contribution in [2.45, 2.75) is 19.1 Å². The first kappa shape index (κ1) is 21.2. The predicted octanol–water partition coefficient (Wildman–Crippen LogP) is 5.33. The maximum Gasteiger partial charge on any atom is 0.416 e. The fraction of sp³-hybridized carbons (Fsp3) is 0.292. The lowest BCUT2D eigenvalue weighted by Crippen LogP contribution is -2.53. The van der Waals surface area contributed by atoms with Crippen LogP contribution in [0.2, 0.25) is 0 Å². The molecule has 4 nitrogen and oxygen atoms in total. The lowest BCUT2D eigenvalue weighted by molar-refractivity contribution is -0.137. The van der Waals surface area contributed by atoms with E-state index in [1.165, 1.54) is 12.1 Å². The minimum atomic E-state index is -4.39. The quantitative estimate of drug-likeness (QED) is 0.597. The summed E-state index contributed by atoms with van der Waals surface area (Å²) in [5.74, 6) is 1.15. The van der Waals surface area contributed by atoms with Crippen LogP contribution in [-0.2, 0) is 6.18 Å². The van der Waals surface area contributed by atoms with Crippen molar-refractivity contribution in [2.24, 2.45) is 5.92 Å². The Hall–Kier alpha value is -3.06. The number of alkyl halides is 3. The van der Waals surface area contributed by atoms with Crippen molar-refractivity contribution < 1.29 is 22.7 Å². The molecule has 1 aliphatic rings. The molecule has 0 saturated carbocycles. The number of hydrogen-bond donors (Lipinski definition) is 1. The van der Waals surface area contributed by atoms with Crippen molar-refractivity contribution in [3.63, 3.8) is 0 Å². The van der Waals surface area contributed by atoms with Crippen LogP contribution in [0, 0.1) is 5.92 Å². The van der Waals surface area contributed by atoms with Crippen molar-refractivity contribution in [1.29, 1.82) is 0 Å². The average Bonchev–Trinajstić information content (AvgIpc) is 2.71. The number of rotatable bonds is 5. The zero-order valence-corrected chi connectivity index (χ0v) is 17.2. The van der Waals surface area contributed by atoms with Crippen molar-refractivity contribution in [3.8, 4) is 11.5 Å². The van der Waals surface area contributed by atoms with Crippen LogP contribution in [0.1, 0.15) is 22.8 Å². The lowest BCUT2D eigenvalue weighted by Gasteiger charge is -2.40. The molecule has 1 fully saturated rings. The Bertz CT molecular complexity index is 1090. The Morgan fingerprint density at radius 2 is 1.81 bits per heavy atom. The molecule has 0 unspecified atom stereocenters. The van der Waals surface area contributed by atoms with Crippen LogP contribution >= 0.6 is 0 Å². The average molecular weight is 428 g/mol. The predicted molar refractivity (Wildman–Crippen MR) is 113 cm³/mol. The van der Waals surface area contributed by atoms with Gasteiger partial charge in [0.2, 0.25) is 0 Å². The largest absolute Gasteiger partial charge is 0.457 e. The molecule has 0 aliphatic carbocycles. The summed E-state index contributed by atoms with van der Waals surface area (Å²) in [4.78, 5) is 14.9. The minimum Gasteiger partial charge on any atom is -0.457 e. The highest BCUT2D eigenvalue weighted by atomic mass is 19.4. The summed E-state index contributed by atoms with van der Waals surface area (Å²) >= 11 is 0. The third kappa shape index (κ3) is 4.66. The fourth-order valence-corrected chi connectivity index (χ4v) is 3.79. The molecule has 1 amide bonds. The molecular formula is C24H23F3N2O2. The van der Waals surface area contributed by atoms with Crippen LogP contribution in [0.5, 0.6) is 11.5 Å². The number of nitrogens with zero attached hydrogens (tertiary/aromatic N) is 1. The number of carbonyl (C=O) groups excluding carboxylic acids is 1. The number of nitrogens with one attached hydrogen (secondary N) is 1. The Morgan fingerprint density at radius 3 is 2.45 bits per heavy atom. The Balaban J connectivity index is 1.51. The Kier molecular flexibility index (Phi) is 5.62. The van der Waals surface area contributed by atoms with Crippen molar-refractivity contribution in [2.75, 3.05) is 20.1 Å². The first-order valence-electron chi connectivity index (χ1n) is 10.1. The second-order valence-electron chi connectivity index (χ2n) is 8.06. The standard InChI is InChI=1S/C24H23F3N2O2/c1-15(18-13-29(2)14-18)28-23(30)17-6-11-21-16(12-17)4-3-5-22(21)31-20-9-7-19(8-10-20)24(25,26)27/h3-12,15,18H,13-14H2,1-2H3,(H,28,30)/t15-/m1/s1. The third-order valence-corrected chi connectivity index (χ3v) is 5.67. The Morgan fingerprint density at radius 1 is 1.10 bits per heavy atom. The monoisotopic (exact) mass is 428 g/mol. The molecule has 0 radical (unpaired) electrons. The maximum absolute atomic E-state index is 12.7. The maximum atomic E-state index is 12.7. The first-order valence-corrected chi connectivity index (χ1v) is 10.1. The number of ether oxygens (including phenoxy) is 1. The smallest absolute Gasteiger partial charge is 0.416 e. The number of benzene rings is 3. The summed E-state index contributed by atoms with van der Waals surface area (Å²) < 4.78 is 44.1. The van der Waals surface area contributed by atoms with E-state index in [9.17, 15) is 18.0 Å². The van der Waals surface area contributed by atoms with Gasteiger partial charge in [0.15, 0.2) is 0 Å². The van der Waals surface area contributed by atoms with E-state index >= 15 is 0 Å². The third-order valence-electron chi connectivity index (χ3n) is 5.67. The molecule has 7 heteroatoms. The summed E-state index contributed by atoms with van der Waals surface area (Å²) in [7, 11) is 2.05. The molecule has 3 aromatic rings. The van der Waals surface area contributed by atoms with Gasteiger partial charge in [-0.05, 0) is 67.9 Å². The normalized spacial score (nSPS) is 16.0. The molecule has 1 atom stereocenters. The van der Waals surface area contributed by atoms with Gasteiger partial charge >= 0.3 is 6.18 Å². The van der Waals surface area contributed by atoms with E-state index in [2.05, 4.69) is 17.3 Å². The summed E-state index contributed by atoms with van der Waals surface area (Å²) in [6.45, 7) is 3.97. The highest BCUT2D eigenvalue weighted by molar-refractivity contribution is 6.00. The number of hydrogen-bond acceptors (Lipinski definition) is 3. The van der Waals surface area contributed by atoms with Gasteiger partial charge in [-0.1, -0.05) is 12.1 Å². The van der Waals surface area contributed by atoms with E-state index in [0.29, 0.717) is 23.0 Å². The van der Waals surface area contributed by atoms with Crippen LogP contribution in [0.3, 0.4) is 0 Å². The molecule has 0 bridgehead atoms. The van der Waals surface area contributed by atoms with E-state index < -0.39 is 11.7 Å². The fourth-order valence-electron chi connectivity index (χ4n) is 3.79. The van der Waals surface area contributed by atoms with Gasteiger partial charge in [0.05, 0.1) is 5.56 Å².